The molecule has 5 heteroatoms. The molecule has 26 heavy (non-hydrogen) atoms. The first-order chi connectivity index (χ1) is 12.5. The van der Waals surface area contributed by atoms with E-state index in [2.05, 4.69) is 23.3 Å². The number of aliphatic hydroxyl groups is 1. The highest BCUT2D eigenvalue weighted by molar-refractivity contribution is 5.87. The second-order valence-electron chi connectivity index (χ2n) is 8.67. The molecule has 1 N–H and O–H groups in total. The van der Waals surface area contributed by atoms with Crippen LogP contribution in [-0.2, 0) is 17.8 Å². The molecule has 1 aromatic rings. The van der Waals surface area contributed by atoms with Crippen molar-refractivity contribution in [1.29, 1.82) is 0 Å². The molecular formula is C21H29N3O2. The Kier molecular flexibility index (Phi) is 4.38. The Morgan fingerprint density at radius 3 is 2.77 bits per heavy atom. The molecule has 1 aromatic carbocycles. The molecule has 0 heterocycles. The van der Waals surface area contributed by atoms with E-state index in [0.29, 0.717) is 23.5 Å². The van der Waals surface area contributed by atoms with E-state index in [4.69, 9.17) is 0 Å². The van der Waals surface area contributed by atoms with E-state index < -0.39 is 0 Å². The summed E-state index contributed by atoms with van der Waals surface area (Å²) in [5, 5.41) is 20.1. The summed E-state index contributed by atoms with van der Waals surface area (Å²) < 4.78 is 0. The minimum atomic E-state index is -0.0861. The Morgan fingerprint density at radius 2 is 2.04 bits per heavy atom. The van der Waals surface area contributed by atoms with Crippen LogP contribution in [0.4, 0.5) is 5.69 Å². The molecule has 0 aliphatic heterocycles. The Hall–Kier alpha value is -1.75. The third kappa shape index (κ3) is 2.59. The molecule has 2 saturated carbocycles. The molecule has 0 aromatic heterocycles. The summed E-state index contributed by atoms with van der Waals surface area (Å²) in [5.41, 5.74) is 4.26. The number of hydrogen-bond donors (Lipinski definition) is 1. The second-order valence-corrected chi connectivity index (χ2v) is 8.67. The lowest BCUT2D eigenvalue weighted by molar-refractivity contribution is -0.129. The van der Waals surface area contributed by atoms with Crippen molar-refractivity contribution in [3.05, 3.63) is 28.8 Å². The fourth-order valence-electron chi connectivity index (χ4n) is 5.86. The Balaban J connectivity index is 1.73. The number of nitrogens with zero attached hydrogens (tertiary/aromatic N) is 3. The zero-order valence-electron chi connectivity index (χ0n) is 16.0. The van der Waals surface area contributed by atoms with E-state index in [-0.39, 0.29) is 12.0 Å². The molecule has 3 aliphatic rings. The van der Waals surface area contributed by atoms with E-state index >= 15 is 0 Å². The summed E-state index contributed by atoms with van der Waals surface area (Å²) in [6.45, 7) is 2.20. The van der Waals surface area contributed by atoms with Crippen molar-refractivity contribution in [2.24, 2.45) is 27.6 Å². The SMILES string of the molecule is CN(C)/N=N/c1c(CO)ccc2c1CCC1C2CCC2(C)C(=O)CCC12. The Labute approximate surface area is 155 Å². The van der Waals surface area contributed by atoms with Gasteiger partial charge >= 0.3 is 0 Å². The van der Waals surface area contributed by atoms with Crippen LogP contribution in [0.5, 0.6) is 0 Å². The van der Waals surface area contributed by atoms with Gasteiger partial charge in [0, 0.05) is 31.5 Å². The van der Waals surface area contributed by atoms with Crippen LogP contribution in [0.25, 0.3) is 0 Å². The number of carbonyl (C=O) groups is 1. The predicted octanol–water partition coefficient (Wildman–Crippen LogP) is 4.16. The molecule has 0 spiro atoms. The van der Waals surface area contributed by atoms with Gasteiger partial charge in [0.05, 0.1) is 12.3 Å². The zero-order valence-corrected chi connectivity index (χ0v) is 16.0. The van der Waals surface area contributed by atoms with E-state index in [1.807, 2.05) is 20.2 Å². The summed E-state index contributed by atoms with van der Waals surface area (Å²) >= 11 is 0. The van der Waals surface area contributed by atoms with Gasteiger partial charge in [-0.2, -0.15) is 0 Å². The molecule has 0 bridgehead atoms. The lowest BCUT2D eigenvalue weighted by atomic mass is 9.55. The van der Waals surface area contributed by atoms with Crippen LogP contribution in [0.15, 0.2) is 22.5 Å². The molecule has 4 rings (SSSR count). The maximum atomic E-state index is 12.5. The van der Waals surface area contributed by atoms with Gasteiger partial charge in [0.2, 0.25) is 0 Å². The first-order valence-corrected chi connectivity index (χ1v) is 9.83. The molecule has 0 radical (unpaired) electrons. The van der Waals surface area contributed by atoms with Crippen molar-refractivity contribution in [2.45, 2.75) is 58.0 Å². The molecule has 0 saturated heterocycles. The summed E-state index contributed by atoms with van der Waals surface area (Å²) in [7, 11) is 3.71. The quantitative estimate of drug-likeness (QED) is 0.654. The number of fused-ring (bicyclic) bond motifs is 5. The number of carbonyl (C=O) groups excluding carboxylic acids is 1. The van der Waals surface area contributed by atoms with Crippen molar-refractivity contribution in [1.82, 2.24) is 5.01 Å². The minimum Gasteiger partial charge on any atom is -0.392 e. The number of ketones is 1. The van der Waals surface area contributed by atoms with Gasteiger partial charge in [-0.05, 0) is 61.0 Å². The van der Waals surface area contributed by atoms with Crippen molar-refractivity contribution in [3.8, 4) is 0 Å². The van der Waals surface area contributed by atoms with Gasteiger partial charge in [-0.1, -0.05) is 24.3 Å². The van der Waals surface area contributed by atoms with E-state index in [1.54, 1.807) is 5.01 Å². The van der Waals surface area contributed by atoms with Gasteiger partial charge in [0.15, 0.2) is 0 Å². The summed E-state index contributed by atoms with van der Waals surface area (Å²) in [4.78, 5) is 12.5. The topological polar surface area (TPSA) is 65.3 Å². The van der Waals surface area contributed by atoms with Gasteiger partial charge in [-0.25, -0.2) is 0 Å². The maximum absolute atomic E-state index is 12.5. The smallest absolute Gasteiger partial charge is 0.139 e. The van der Waals surface area contributed by atoms with E-state index in [9.17, 15) is 9.90 Å². The number of Topliss-reactive ketones (excluding diaryl/α,β-unsaturated/α-hetero) is 1. The lowest BCUT2D eigenvalue weighted by Gasteiger charge is -2.48. The first kappa shape index (κ1) is 17.7. The van der Waals surface area contributed by atoms with Gasteiger partial charge in [0.25, 0.3) is 0 Å². The third-order valence-electron chi connectivity index (χ3n) is 7.17. The molecule has 140 valence electrons. The Morgan fingerprint density at radius 1 is 1.23 bits per heavy atom. The van der Waals surface area contributed by atoms with Crippen LogP contribution in [0.2, 0.25) is 0 Å². The molecule has 2 fully saturated rings. The molecule has 0 amide bonds. The second kappa shape index (κ2) is 6.45. The number of rotatable bonds is 3. The van der Waals surface area contributed by atoms with Crippen LogP contribution in [-0.4, -0.2) is 30.0 Å². The zero-order chi connectivity index (χ0) is 18.5. The van der Waals surface area contributed by atoms with Gasteiger partial charge in [0.1, 0.15) is 5.78 Å². The average Bonchev–Trinajstić information content (AvgIpc) is 2.94. The van der Waals surface area contributed by atoms with Crippen LogP contribution in [0, 0.1) is 17.3 Å². The summed E-state index contributed by atoms with van der Waals surface area (Å²) in [5.74, 6) is 2.14. The highest BCUT2D eigenvalue weighted by Crippen LogP contribution is 2.60. The van der Waals surface area contributed by atoms with Crippen molar-refractivity contribution >= 4 is 11.5 Å². The minimum absolute atomic E-state index is 0.0155. The molecule has 4 atom stereocenters. The average molecular weight is 355 g/mol. The molecule has 5 nitrogen and oxygen atoms in total. The van der Waals surface area contributed by atoms with Crippen LogP contribution >= 0.6 is 0 Å². The monoisotopic (exact) mass is 355 g/mol. The lowest BCUT2D eigenvalue weighted by Crippen LogP contribution is -2.42. The fraction of sp³-hybridized carbons (Fsp3) is 0.667. The van der Waals surface area contributed by atoms with E-state index in [0.717, 1.165) is 49.8 Å². The van der Waals surface area contributed by atoms with Crippen LogP contribution < -0.4 is 0 Å². The molecule has 4 unspecified atom stereocenters. The summed E-state index contributed by atoms with van der Waals surface area (Å²) in [6.07, 6.45) is 6.00. The molecule has 3 aliphatic carbocycles. The van der Waals surface area contributed by atoms with Gasteiger partial charge in [-0.3, -0.25) is 9.80 Å². The van der Waals surface area contributed by atoms with Gasteiger partial charge < -0.3 is 5.11 Å². The summed E-state index contributed by atoms with van der Waals surface area (Å²) in [6, 6.07) is 4.21. The normalized spacial score (nSPS) is 33.1. The highest BCUT2D eigenvalue weighted by atomic mass is 16.3. The van der Waals surface area contributed by atoms with Crippen LogP contribution in [0.1, 0.15) is 61.6 Å². The van der Waals surface area contributed by atoms with Crippen molar-refractivity contribution in [3.63, 3.8) is 0 Å². The van der Waals surface area contributed by atoms with Gasteiger partial charge in [-0.15, -0.1) is 5.11 Å². The number of benzene rings is 1. The van der Waals surface area contributed by atoms with E-state index in [1.165, 1.54) is 11.1 Å². The Bertz CT molecular complexity index is 758. The first-order valence-electron chi connectivity index (χ1n) is 9.83. The fourth-order valence-corrected chi connectivity index (χ4v) is 5.86. The van der Waals surface area contributed by atoms with Crippen molar-refractivity contribution < 1.29 is 9.90 Å². The molecular weight excluding hydrogens is 326 g/mol. The predicted molar refractivity (Wildman–Crippen MR) is 100 cm³/mol. The largest absolute Gasteiger partial charge is 0.392 e. The maximum Gasteiger partial charge on any atom is 0.139 e. The number of hydrogen-bond acceptors (Lipinski definition) is 4. The number of aliphatic hydroxyl groups excluding tert-OH is 1. The standard InChI is InChI=1S/C21H29N3O2/c1-21-11-10-15-14-5-4-13(12-25)20(22-23-24(2)3)17(14)7-6-16(15)18(21)8-9-19(21)26/h4-5,15-16,18,25H,6-12H2,1-3H3/b23-22+. The third-order valence-corrected chi connectivity index (χ3v) is 7.17. The highest BCUT2D eigenvalue weighted by Gasteiger charge is 2.54. The van der Waals surface area contributed by atoms with Crippen LogP contribution in [0.3, 0.4) is 0 Å². The van der Waals surface area contributed by atoms with Crippen molar-refractivity contribution in [2.75, 3.05) is 14.1 Å².